The lowest BCUT2D eigenvalue weighted by molar-refractivity contribution is -0.150. The predicted molar refractivity (Wildman–Crippen MR) is 166 cm³/mol. The van der Waals surface area contributed by atoms with Crippen LogP contribution in [0.15, 0.2) is 0 Å². The van der Waals surface area contributed by atoms with Gasteiger partial charge in [-0.1, -0.05) is 155 Å². The fourth-order valence-corrected chi connectivity index (χ4v) is 5.41. The molecule has 0 heterocycles. The first kappa shape index (κ1) is 37.1. The van der Waals surface area contributed by atoms with Crippen molar-refractivity contribution < 1.29 is 14.3 Å². The Kier molecular flexibility index (Phi) is 30.0. The van der Waals surface area contributed by atoms with Crippen LogP contribution in [0.25, 0.3) is 0 Å². The second-order valence-corrected chi connectivity index (χ2v) is 12.0. The van der Waals surface area contributed by atoms with Gasteiger partial charge in [-0.3, -0.25) is 4.79 Å². The van der Waals surface area contributed by atoms with Crippen molar-refractivity contribution in [3.05, 3.63) is 0 Å². The Labute approximate surface area is 239 Å². The third kappa shape index (κ3) is 29.7. The Morgan fingerprint density at radius 1 is 0.447 bits per heavy atom. The van der Waals surface area contributed by atoms with Gasteiger partial charge < -0.3 is 9.53 Å². The van der Waals surface area contributed by atoms with Gasteiger partial charge in [0.25, 0.3) is 0 Å². The van der Waals surface area contributed by atoms with E-state index in [0.29, 0.717) is 12.8 Å². The van der Waals surface area contributed by atoms with E-state index in [-0.39, 0.29) is 17.9 Å². The van der Waals surface area contributed by atoms with E-state index in [4.69, 9.17) is 4.74 Å². The van der Waals surface area contributed by atoms with E-state index in [1.54, 1.807) is 6.92 Å². The van der Waals surface area contributed by atoms with Gasteiger partial charge in [0.05, 0.1) is 0 Å². The van der Waals surface area contributed by atoms with Crippen molar-refractivity contribution in [3.8, 4) is 0 Å². The summed E-state index contributed by atoms with van der Waals surface area (Å²) in [5.41, 5.74) is 0. The average molecular weight is 537 g/mol. The zero-order valence-electron chi connectivity index (χ0n) is 26.3. The number of unbranched alkanes of at least 4 members (excludes halogenated alkanes) is 22. The number of ether oxygens (including phenoxy) is 1. The third-order valence-corrected chi connectivity index (χ3v) is 7.97. The van der Waals surface area contributed by atoms with Crippen LogP contribution in [0.2, 0.25) is 0 Å². The van der Waals surface area contributed by atoms with Crippen LogP contribution in [-0.4, -0.2) is 17.9 Å². The maximum absolute atomic E-state index is 12.5. The first-order valence-electron chi connectivity index (χ1n) is 17.3. The summed E-state index contributed by atoms with van der Waals surface area (Å²) in [6, 6.07) is 0. The Bertz CT molecular complexity index is 501. The number of rotatable bonds is 31. The minimum absolute atomic E-state index is 0.00221. The molecule has 1 unspecified atom stereocenters. The van der Waals surface area contributed by atoms with Gasteiger partial charge in [-0.05, 0) is 39.0 Å². The highest BCUT2D eigenvalue weighted by Crippen LogP contribution is 2.18. The molecule has 0 N–H and O–H groups in total. The minimum atomic E-state index is -0.0241. The molecule has 1 atom stereocenters. The van der Waals surface area contributed by atoms with Crippen molar-refractivity contribution in [1.29, 1.82) is 0 Å². The molecule has 0 saturated carbocycles. The number of hydrogen-bond acceptors (Lipinski definition) is 3. The lowest BCUT2D eigenvalue weighted by Crippen LogP contribution is -2.18. The van der Waals surface area contributed by atoms with E-state index in [9.17, 15) is 9.59 Å². The highest BCUT2D eigenvalue weighted by Gasteiger charge is 2.14. The molecule has 0 aliphatic heterocycles. The Hall–Kier alpha value is -0.860. The zero-order chi connectivity index (χ0) is 27.9. The van der Waals surface area contributed by atoms with E-state index in [1.165, 1.54) is 135 Å². The lowest BCUT2D eigenvalue weighted by atomic mass is 10.0. The van der Waals surface area contributed by atoms with E-state index < -0.39 is 0 Å². The molecule has 0 saturated heterocycles. The van der Waals surface area contributed by atoms with Crippen LogP contribution in [0.4, 0.5) is 0 Å². The van der Waals surface area contributed by atoms with Crippen molar-refractivity contribution in [1.82, 2.24) is 0 Å². The number of ketones is 1. The summed E-state index contributed by atoms with van der Waals surface area (Å²) < 4.78 is 5.88. The largest absolute Gasteiger partial charge is 0.462 e. The van der Waals surface area contributed by atoms with E-state index in [1.807, 2.05) is 0 Å². The second-order valence-electron chi connectivity index (χ2n) is 12.0. The number of esters is 1. The van der Waals surface area contributed by atoms with Gasteiger partial charge in [0.2, 0.25) is 0 Å². The summed E-state index contributed by atoms with van der Waals surface area (Å²) in [5, 5.41) is 0. The van der Waals surface area contributed by atoms with Crippen LogP contribution in [-0.2, 0) is 14.3 Å². The van der Waals surface area contributed by atoms with Gasteiger partial charge in [0.15, 0.2) is 0 Å². The molecule has 0 radical (unpaired) electrons. The fraction of sp³-hybridized carbons (Fsp3) is 0.943. The smallest absolute Gasteiger partial charge is 0.306 e. The van der Waals surface area contributed by atoms with E-state index in [0.717, 1.165) is 38.5 Å². The van der Waals surface area contributed by atoms with Crippen molar-refractivity contribution in [2.24, 2.45) is 0 Å². The molecule has 0 aliphatic carbocycles. The number of carbonyl (C=O) groups is 2. The average Bonchev–Trinajstić information content (AvgIpc) is 2.89. The maximum Gasteiger partial charge on any atom is 0.306 e. The zero-order valence-corrected chi connectivity index (χ0v) is 26.3. The molecule has 0 fully saturated rings. The van der Waals surface area contributed by atoms with Crippen LogP contribution < -0.4 is 0 Å². The quantitative estimate of drug-likeness (QED) is 0.0653. The summed E-state index contributed by atoms with van der Waals surface area (Å²) in [6.45, 7) is 6.20. The summed E-state index contributed by atoms with van der Waals surface area (Å²) in [7, 11) is 0. The van der Waals surface area contributed by atoms with Crippen LogP contribution in [0.1, 0.15) is 207 Å². The van der Waals surface area contributed by atoms with Crippen molar-refractivity contribution in [2.45, 2.75) is 213 Å². The molecule has 0 aromatic rings. The Balaban J connectivity index is 3.82. The molecule has 3 heteroatoms. The van der Waals surface area contributed by atoms with Crippen LogP contribution in [0.3, 0.4) is 0 Å². The van der Waals surface area contributed by atoms with Crippen LogP contribution in [0.5, 0.6) is 0 Å². The van der Waals surface area contributed by atoms with Crippen molar-refractivity contribution in [2.75, 3.05) is 0 Å². The topological polar surface area (TPSA) is 43.4 Å². The van der Waals surface area contributed by atoms with Gasteiger partial charge in [-0.15, -0.1) is 0 Å². The van der Waals surface area contributed by atoms with Crippen LogP contribution >= 0.6 is 0 Å². The molecule has 0 spiro atoms. The van der Waals surface area contributed by atoms with Crippen LogP contribution in [0, 0.1) is 0 Å². The molecule has 3 nitrogen and oxygen atoms in total. The molecule has 0 aliphatic rings. The van der Waals surface area contributed by atoms with E-state index in [2.05, 4.69) is 13.8 Å². The molecular formula is C35H68O3. The van der Waals surface area contributed by atoms with Gasteiger partial charge in [0, 0.05) is 12.8 Å². The molecule has 0 aromatic heterocycles. The van der Waals surface area contributed by atoms with Gasteiger partial charge >= 0.3 is 5.97 Å². The highest BCUT2D eigenvalue weighted by atomic mass is 16.5. The number of carbonyl (C=O) groups excluding carboxylic acids is 2. The summed E-state index contributed by atoms with van der Waals surface area (Å²) >= 11 is 0. The SMILES string of the molecule is CCCCCCCCCCCCCCCC(=O)OC(CCCCCCCCCCCCC)CCCC(C)=O. The minimum Gasteiger partial charge on any atom is -0.462 e. The normalized spacial score (nSPS) is 12.1. The highest BCUT2D eigenvalue weighted by molar-refractivity contribution is 5.75. The van der Waals surface area contributed by atoms with E-state index >= 15 is 0 Å². The standard InChI is InChI=1S/C35H68O3/c1-4-6-8-10-12-14-16-17-19-21-23-25-27-32-35(37)38-34(31-28-29-33(3)36)30-26-24-22-20-18-15-13-11-9-7-5-2/h34H,4-32H2,1-3H3. The second kappa shape index (κ2) is 30.7. The fourth-order valence-electron chi connectivity index (χ4n) is 5.41. The van der Waals surface area contributed by atoms with Gasteiger partial charge in [0.1, 0.15) is 11.9 Å². The molecule has 38 heavy (non-hydrogen) atoms. The molecule has 0 rings (SSSR count). The summed E-state index contributed by atoms with van der Waals surface area (Å²) in [5.74, 6) is 0.209. The molecular weight excluding hydrogens is 468 g/mol. The summed E-state index contributed by atoms with van der Waals surface area (Å²) in [6.07, 6.45) is 35.6. The van der Waals surface area contributed by atoms with Gasteiger partial charge in [-0.25, -0.2) is 0 Å². The summed E-state index contributed by atoms with van der Waals surface area (Å²) in [4.78, 5) is 23.8. The molecule has 226 valence electrons. The monoisotopic (exact) mass is 537 g/mol. The lowest BCUT2D eigenvalue weighted by Gasteiger charge is -2.18. The van der Waals surface area contributed by atoms with Gasteiger partial charge in [-0.2, -0.15) is 0 Å². The third-order valence-electron chi connectivity index (χ3n) is 7.97. The Morgan fingerprint density at radius 2 is 0.789 bits per heavy atom. The molecule has 0 aromatic carbocycles. The van der Waals surface area contributed by atoms with Crippen molar-refractivity contribution in [3.63, 3.8) is 0 Å². The van der Waals surface area contributed by atoms with Crippen molar-refractivity contribution >= 4 is 11.8 Å². The Morgan fingerprint density at radius 3 is 1.18 bits per heavy atom. The predicted octanol–water partition coefficient (Wildman–Crippen LogP) is 11.8. The molecule has 0 amide bonds. The molecule has 0 bridgehead atoms. The number of Topliss-reactive ketones (excluding diaryl/α,β-unsaturated/α-hetero) is 1. The first-order valence-corrected chi connectivity index (χ1v) is 17.3. The number of hydrogen-bond donors (Lipinski definition) is 0. The maximum atomic E-state index is 12.5. The first-order chi connectivity index (χ1) is 18.6.